The fourth-order valence-corrected chi connectivity index (χ4v) is 5.56. The number of methoxy groups -OCH3 is 1. The molecule has 3 aromatic rings. The van der Waals surface area contributed by atoms with E-state index in [1.165, 1.54) is 24.2 Å². The lowest BCUT2D eigenvalue weighted by Gasteiger charge is -2.34. The van der Waals surface area contributed by atoms with E-state index in [9.17, 15) is 9.59 Å². The molecule has 2 aromatic heterocycles. The molecule has 10 nitrogen and oxygen atoms in total. The zero-order valence-electron chi connectivity index (χ0n) is 21.4. The van der Waals surface area contributed by atoms with E-state index in [1.54, 1.807) is 55.0 Å². The molecule has 11 heteroatoms. The number of benzene rings is 1. The minimum atomic E-state index is -0.552. The highest BCUT2D eigenvalue weighted by atomic mass is 32.1. The molecule has 5 rings (SSSR count). The largest absolute Gasteiger partial charge is 0.495 e. The third kappa shape index (κ3) is 4.95. The number of hydrogen-bond acceptors (Lipinski definition) is 9. The van der Waals surface area contributed by atoms with Gasteiger partial charge in [0.05, 0.1) is 24.4 Å². The van der Waals surface area contributed by atoms with Gasteiger partial charge in [-0.1, -0.05) is 12.8 Å². The highest BCUT2D eigenvalue weighted by Crippen LogP contribution is 2.40. The van der Waals surface area contributed by atoms with Gasteiger partial charge in [0.25, 0.3) is 5.91 Å². The Hall–Kier alpha value is -3.73. The first-order chi connectivity index (χ1) is 17.8. The molecular formula is C26H31N7O3S. The number of rotatable bonds is 6. The molecule has 1 aliphatic carbocycles. The number of aromatic nitrogens is 3. The fourth-order valence-electron chi connectivity index (χ4n) is 5.04. The van der Waals surface area contributed by atoms with E-state index >= 15 is 0 Å². The molecule has 1 saturated carbocycles. The molecular weight excluding hydrogens is 490 g/mol. The summed E-state index contributed by atoms with van der Waals surface area (Å²) in [5.41, 5.74) is 1.22. The molecule has 2 aliphatic rings. The number of hydrogen-bond donors (Lipinski definition) is 2. The van der Waals surface area contributed by atoms with Crippen LogP contribution in [0.1, 0.15) is 49.9 Å². The van der Waals surface area contributed by atoms with Gasteiger partial charge in [0.15, 0.2) is 10.9 Å². The Balaban J connectivity index is 1.45. The van der Waals surface area contributed by atoms with Crippen LogP contribution in [0.4, 0.5) is 28.3 Å². The Bertz CT molecular complexity index is 1310. The number of nitrogens with zero attached hydrogens (tertiary/aromatic N) is 5. The van der Waals surface area contributed by atoms with E-state index in [1.807, 2.05) is 13.8 Å². The molecule has 1 aromatic carbocycles. The minimum absolute atomic E-state index is 0.0480. The van der Waals surface area contributed by atoms with Gasteiger partial charge in [0.1, 0.15) is 11.4 Å². The van der Waals surface area contributed by atoms with Crippen LogP contribution in [0.25, 0.3) is 0 Å². The monoisotopic (exact) mass is 521 g/mol. The van der Waals surface area contributed by atoms with E-state index in [4.69, 9.17) is 9.72 Å². The molecule has 2 N–H and O–H groups in total. The average molecular weight is 522 g/mol. The van der Waals surface area contributed by atoms with E-state index in [0.717, 1.165) is 18.7 Å². The van der Waals surface area contributed by atoms with Gasteiger partial charge in [0.2, 0.25) is 11.9 Å². The smallest absolute Gasteiger partial charge is 0.257 e. The van der Waals surface area contributed by atoms with Crippen molar-refractivity contribution in [3.05, 3.63) is 41.5 Å². The maximum atomic E-state index is 13.2. The second-order valence-corrected chi connectivity index (χ2v) is 10.9. The third-order valence-corrected chi connectivity index (χ3v) is 7.65. The van der Waals surface area contributed by atoms with Gasteiger partial charge in [-0.05, 0) is 44.9 Å². The third-order valence-electron chi connectivity index (χ3n) is 6.96. The highest BCUT2D eigenvalue weighted by molar-refractivity contribution is 7.13. The van der Waals surface area contributed by atoms with Gasteiger partial charge in [-0.3, -0.25) is 14.9 Å². The molecule has 0 bridgehead atoms. The van der Waals surface area contributed by atoms with Crippen molar-refractivity contribution in [2.45, 2.75) is 45.6 Å². The summed E-state index contributed by atoms with van der Waals surface area (Å²) in [6.45, 7) is 4.57. The van der Waals surface area contributed by atoms with Crippen LogP contribution in [0.3, 0.4) is 0 Å². The van der Waals surface area contributed by atoms with Crippen LogP contribution < -0.4 is 25.2 Å². The topological polar surface area (TPSA) is 113 Å². The van der Waals surface area contributed by atoms with Crippen LogP contribution in [0, 0.1) is 5.41 Å². The number of carbonyl (C=O) groups excluding carboxylic acids is 2. The highest BCUT2D eigenvalue weighted by Gasteiger charge is 2.41. The number of anilines is 5. The standard InChI is InChI=1S/C26H31N7O3S/c1-26(2)15-33(17-7-5-6-8-17)21-19(32(3)23(26)35)14-28-24(30-21)29-18-10-9-16(13-20(18)36-4)22(34)31-25-27-11-12-37-25/h9-14,17H,5-8,15H2,1-4H3,(H,27,31,34)(H,28,29,30). The molecule has 0 radical (unpaired) electrons. The second-order valence-electron chi connectivity index (χ2n) is 10.0. The lowest BCUT2D eigenvalue weighted by molar-refractivity contribution is -0.125. The van der Waals surface area contributed by atoms with Crippen molar-refractivity contribution in [3.8, 4) is 5.75 Å². The summed E-state index contributed by atoms with van der Waals surface area (Å²) in [7, 11) is 3.33. The molecule has 2 amide bonds. The first-order valence-corrected chi connectivity index (χ1v) is 13.2. The number of ether oxygens (including phenoxy) is 1. The maximum absolute atomic E-state index is 13.2. The summed E-state index contributed by atoms with van der Waals surface area (Å²) >= 11 is 1.35. The summed E-state index contributed by atoms with van der Waals surface area (Å²) in [5.74, 6) is 1.40. The van der Waals surface area contributed by atoms with Gasteiger partial charge in [-0.25, -0.2) is 9.97 Å². The normalized spacial score (nSPS) is 17.4. The van der Waals surface area contributed by atoms with Crippen molar-refractivity contribution in [3.63, 3.8) is 0 Å². The first-order valence-electron chi connectivity index (χ1n) is 12.3. The van der Waals surface area contributed by atoms with Gasteiger partial charge in [0, 0.05) is 36.8 Å². The van der Waals surface area contributed by atoms with Crippen molar-refractivity contribution in [2.75, 3.05) is 41.1 Å². The van der Waals surface area contributed by atoms with Crippen molar-refractivity contribution in [2.24, 2.45) is 5.41 Å². The maximum Gasteiger partial charge on any atom is 0.257 e. The molecule has 0 saturated heterocycles. The van der Waals surface area contributed by atoms with Crippen molar-refractivity contribution in [1.82, 2.24) is 15.0 Å². The molecule has 0 spiro atoms. The summed E-state index contributed by atoms with van der Waals surface area (Å²) in [4.78, 5) is 43.3. The van der Waals surface area contributed by atoms with E-state index in [0.29, 0.717) is 46.4 Å². The predicted molar refractivity (Wildman–Crippen MR) is 145 cm³/mol. The van der Waals surface area contributed by atoms with Crippen LogP contribution >= 0.6 is 11.3 Å². The van der Waals surface area contributed by atoms with Crippen LogP contribution in [-0.4, -0.2) is 53.5 Å². The number of amides is 2. The fraction of sp³-hybridized carbons (Fsp3) is 0.423. The summed E-state index contributed by atoms with van der Waals surface area (Å²) in [6, 6.07) is 5.47. The number of nitrogens with one attached hydrogen (secondary N) is 2. The lowest BCUT2D eigenvalue weighted by Crippen LogP contribution is -2.45. The van der Waals surface area contributed by atoms with Crippen LogP contribution in [0.5, 0.6) is 5.75 Å². The summed E-state index contributed by atoms with van der Waals surface area (Å²) in [5, 5.41) is 8.35. The van der Waals surface area contributed by atoms with E-state index in [-0.39, 0.29) is 11.8 Å². The molecule has 3 heterocycles. The summed E-state index contributed by atoms with van der Waals surface area (Å²) < 4.78 is 5.56. The molecule has 1 fully saturated rings. The number of carbonyl (C=O) groups is 2. The van der Waals surface area contributed by atoms with E-state index < -0.39 is 5.41 Å². The van der Waals surface area contributed by atoms with Crippen LogP contribution in [0.15, 0.2) is 36.0 Å². The Kier molecular flexibility index (Phi) is 6.72. The lowest BCUT2D eigenvalue weighted by atomic mass is 9.91. The van der Waals surface area contributed by atoms with Gasteiger partial charge >= 0.3 is 0 Å². The van der Waals surface area contributed by atoms with Gasteiger partial charge in [-0.15, -0.1) is 11.3 Å². The zero-order chi connectivity index (χ0) is 26.2. The zero-order valence-corrected chi connectivity index (χ0v) is 22.3. The summed E-state index contributed by atoms with van der Waals surface area (Å²) in [6.07, 6.45) is 7.86. The van der Waals surface area contributed by atoms with Crippen LogP contribution in [-0.2, 0) is 4.79 Å². The Labute approximate surface area is 220 Å². The van der Waals surface area contributed by atoms with Gasteiger partial charge in [-0.2, -0.15) is 4.98 Å². The Morgan fingerprint density at radius 3 is 2.70 bits per heavy atom. The molecule has 0 unspecified atom stereocenters. The molecule has 194 valence electrons. The Morgan fingerprint density at radius 1 is 1.22 bits per heavy atom. The molecule has 0 atom stereocenters. The van der Waals surface area contributed by atoms with E-state index in [2.05, 4.69) is 25.5 Å². The Morgan fingerprint density at radius 2 is 2.00 bits per heavy atom. The van der Waals surface area contributed by atoms with Crippen molar-refractivity contribution in [1.29, 1.82) is 0 Å². The quantitative estimate of drug-likeness (QED) is 0.481. The number of fused-ring (bicyclic) bond motifs is 1. The average Bonchev–Trinajstić information content (AvgIpc) is 3.60. The van der Waals surface area contributed by atoms with Crippen molar-refractivity contribution < 1.29 is 14.3 Å². The SMILES string of the molecule is COc1cc(C(=O)Nc2nccs2)ccc1Nc1ncc2c(n1)N(C1CCCC1)CC(C)(C)C(=O)N2C. The van der Waals surface area contributed by atoms with Crippen LogP contribution in [0.2, 0.25) is 0 Å². The van der Waals surface area contributed by atoms with Gasteiger partial charge < -0.3 is 19.9 Å². The molecule has 37 heavy (non-hydrogen) atoms. The predicted octanol–water partition coefficient (Wildman–Crippen LogP) is 4.69. The minimum Gasteiger partial charge on any atom is -0.495 e. The molecule has 1 aliphatic heterocycles. The van der Waals surface area contributed by atoms with Crippen molar-refractivity contribution >= 4 is 51.4 Å². The second kappa shape index (κ2) is 9.97. The first kappa shape index (κ1) is 24.9. The number of thiazole rings is 1.